The molecule has 108 valence electrons. The number of aromatic hydroxyl groups is 1. The maximum absolute atomic E-state index is 11.9. The lowest BCUT2D eigenvalue weighted by Crippen LogP contribution is -2.41. The number of carboxylic acid groups (broad SMARTS) is 1. The van der Waals surface area contributed by atoms with Crippen molar-refractivity contribution in [3.8, 4) is 5.88 Å². The second kappa shape index (κ2) is 5.36. The van der Waals surface area contributed by atoms with Crippen LogP contribution in [0.25, 0.3) is 0 Å². The van der Waals surface area contributed by atoms with Crippen LogP contribution in [0.4, 0.5) is 0 Å². The van der Waals surface area contributed by atoms with Gasteiger partial charge in [-0.25, -0.2) is 0 Å². The van der Waals surface area contributed by atoms with Crippen molar-refractivity contribution >= 4 is 11.9 Å². The minimum Gasteiger partial charge on any atom is -0.494 e. The maximum Gasteiger partial charge on any atom is 0.311 e. The molecular weight excluding hydrogens is 264 g/mol. The third-order valence-corrected chi connectivity index (χ3v) is 3.69. The first kappa shape index (κ1) is 14.1. The number of H-pyrrole nitrogens is 1. The van der Waals surface area contributed by atoms with Crippen molar-refractivity contribution in [2.45, 2.75) is 25.7 Å². The Morgan fingerprint density at radius 1 is 1.30 bits per heavy atom. The number of nitrogens with one attached hydrogen (secondary N) is 2. The Morgan fingerprint density at radius 3 is 2.50 bits per heavy atom. The number of aliphatic carboxylic acids is 1. The number of rotatable bonds is 4. The van der Waals surface area contributed by atoms with Crippen LogP contribution in [-0.4, -0.2) is 33.6 Å². The molecule has 0 aliphatic heterocycles. The van der Waals surface area contributed by atoms with Gasteiger partial charge in [-0.05, 0) is 12.8 Å². The predicted octanol–water partition coefficient (Wildman–Crippen LogP) is 0.455. The fourth-order valence-electron chi connectivity index (χ4n) is 2.53. The molecule has 0 aromatic carbocycles. The second-order valence-electron chi connectivity index (χ2n) is 5.09. The van der Waals surface area contributed by atoms with E-state index in [1.54, 1.807) is 0 Å². The average molecular weight is 280 g/mol. The van der Waals surface area contributed by atoms with Gasteiger partial charge in [0.2, 0.25) is 0 Å². The first-order valence-electron chi connectivity index (χ1n) is 6.38. The van der Waals surface area contributed by atoms with Crippen LogP contribution in [0, 0.1) is 5.41 Å². The molecule has 0 unspecified atom stereocenters. The Morgan fingerprint density at radius 2 is 1.95 bits per heavy atom. The Balaban J connectivity index is 2.08. The lowest BCUT2D eigenvalue weighted by atomic mass is 9.86. The summed E-state index contributed by atoms with van der Waals surface area (Å²) in [4.78, 5) is 36.5. The molecule has 0 spiro atoms. The number of aromatic amines is 1. The average Bonchev–Trinajstić information content (AvgIpc) is 2.84. The van der Waals surface area contributed by atoms with Crippen molar-refractivity contribution in [2.24, 2.45) is 5.41 Å². The van der Waals surface area contributed by atoms with Gasteiger partial charge >= 0.3 is 5.97 Å². The van der Waals surface area contributed by atoms with Crippen molar-refractivity contribution in [3.05, 3.63) is 28.0 Å². The Bertz CT molecular complexity index is 587. The van der Waals surface area contributed by atoms with Gasteiger partial charge in [0, 0.05) is 18.7 Å². The van der Waals surface area contributed by atoms with E-state index in [-0.39, 0.29) is 12.1 Å². The van der Waals surface area contributed by atoms with Gasteiger partial charge in [0.05, 0.1) is 11.0 Å². The molecule has 4 N–H and O–H groups in total. The topological polar surface area (TPSA) is 119 Å². The Labute approximate surface area is 114 Å². The van der Waals surface area contributed by atoms with E-state index in [2.05, 4.69) is 10.3 Å². The van der Waals surface area contributed by atoms with Crippen molar-refractivity contribution < 1.29 is 19.8 Å². The molecule has 1 aromatic rings. The van der Waals surface area contributed by atoms with Crippen molar-refractivity contribution in [1.82, 2.24) is 10.3 Å². The number of carbonyl (C=O) groups excluding carboxylic acids is 1. The van der Waals surface area contributed by atoms with E-state index in [0.717, 1.165) is 25.0 Å². The monoisotopic (exact) mass is 280 g/mol. The Hall–Kier alpha value is -2.31. The van der Waals surface area contributed by atoms with Crippen molar-refractivity contribution in [1.29, 1.82) is 0 Å². The third kappa shape index (κ3) is 2.81. The lowest BCUT2D eigenvalue weighted by molar-refractivity contribution is -0.148. The smallest absolute Gasteiger partial charge is 0.311 e. The molecule has 1 fully saturated rings. The third-order valence-electron chi connectivity index (χ3n) is 3.69. The first-order chi connectivity index (χ1) is 9.43. The molecule has 1 amide bonds. The molecule has 1 aliphatic carbocycles. The van der Waals surface area contributed by atoms with Gasteiger partial charge < -0.3 is 15.5 Å². The van der Waals surface area contributed by atoms with Gasteiger partial charge in [0.15, 0.2) is 5.88 Å². The number of carbonyl (C=O) groups is 2. The fourth-order valence-corrected chi connectivity index (χ4v) is 2.53. The number of hydrogen-bond donors (Lipinski definition) is 4. The van der Waals surface area contributed by atoms with Crippen LogP contribution >= 0.6 is 0 Å². The first-order valence-corrected chi connectivity index (χ1v) is 6.38. The van der Waals surface area contributed by atoms with Crippen LogP contribution < -0.4 is 10.9 Å². The van der Waals surface area contributed by atoms with Crippen molar-refractivity contribution in [2.75, 3.05) is 6.54 Å². The standard InChI is InChI=1S/C13H16N2O5/c16-9-5-8(6-10(17)15-9)11(18)14-7-13(12(19)20)3-1-2-4-13/h5-6H,1-4,7H2,(H,14,18)(H,19,20)(H2,15,16,17). The van der Waals surface area contributed by atoms with Crippen molar-refractivity contribution in [3.63, 3.8) is 0 Å². The van der Waals surface area contributed by atoms with Gasteiger partial charge in [-0.2, -0.15) is 0 Å². The van der Waals surface area contributed by atoms with E-state index in [9.17, 15) is 24.6 Å². The van der Waals surface area contributed by atoms with Gasteiger partial charge in [-0.3, -0.25) is 19.4 Å². The molecular formula is C13H16N2O5. The number of amides is 1. The normalized spacial score (nSPS) is 16.8. The minimum absolute atomic E-state index is 0.00443. The summed E-state index contributed by atoms with van der Waals surface area (Å²) in [6.07, 6.45) is 2.72. The highest BCUT2D eigenvalue weighted by atomic mass is 16.4. The van der Waals surface area contributed by atoms with E-state index in [4.69, 9.17) is 0 Å². The van der Waals surface area contributed by atoms with E-state index in [1.165, 1.54) is 0 Å². The fraction of sp³-hybridized carbons (Fsp3) is 0.462. The summed E-state index contributed by atoms with van der Waals surface area (Å²) in [5.41, 5.74) is -1.51. The van der Waals surface area contributed by atoms with Crippen LogP contribution in [0.5, 0.6) is 5.88 Å². The highest BCUT2D eigenvalue weighted by Crippen LogP contribution is 2.37. The molecule has 0 radical (unpaired) electrons. The zero-order valence-electron chi connectivity index (χ0n) is 10.8. The summed E-state index contributed by atoms with van der Waals surface area (Å²) in [5.74, 6) is -1.89. The van der Waals surface area contributed by atoms with E-state index < -0.39 is 28.7 Å². The van der Waals surface area contributed by atoms with Gasteiger partial charge in [-0.15, -0.1) is 0 Å². The summed E-state index contributed by atoms with van der Waals surface area (Å²) < 4.78 is 0. The molecule has 0 bridgehead atoms. The van der Waals surface area contributed by atoms with E-state index >= 15 is 0 Å². The molecule has 1 saturated carbocycles. The van der Waals surface area contributed by atoms with Gasteiger partial charge in [0.25, 0.3) is 11.5 Å². The molecule has 1 aliphatic rings. The van der Waals surface area contributed by atoms with Crippen LogP contribution in [0.3, 0.4) is 0 Å². The number of hydrogen-bond acceptors (Lipinski definition) is 4. The number of carboxylic acids is 1. The van der Waals surface area contributed by atoms with E-state index in [0.29, 0.717) is 12.8 Å². The van der Waals surface area contributed by atoms with Crippen LogP contribution in [-0.2, 0) is 4.79 Å². The highest BCUT2D eigenvalue weighted by Gasteiger charge is 2.41. The summed E-state index contributed by atoms with van der Waals surface area (Å²) in [5, 5.41) is 21.1. The molecule has 1 aromatic heterocycles. The minimum atomic E-state index is -0.918. The van der Waals surface area contributed by atoms with Crippen LogP contribution in [0.15, 0.2) is 16.9 Å². The summed E-state index contributed by atoms with van der Waals surface area (Å²) in [6, 6.07) is 2.18. The molecule has 7 heteroatoms. The molecule has 7 nitrogen and oxygen atoms in total. The predicted molar refractivity (Wildman–Crippen MR) is 69.6 cm³/mol. The second-order valence-corrected chi connectivity index (χ2v) is 5.09. The number of aromatic nitrogens is 1. The molecule has 0 atom stereocenters. The summed E-state index contributed by atoms with van der Waals surface area (Å²) in [7, 11) is 0. The van der Waals surface area contributed by atoms with Gasteiger partial charge in [-0.1, -0.05) is 12.8 Å². The summed E-state index contributed by atoms with van der Waals surface area (Å²) >= 11 is 0. The van der Waals surface area contributed by atoms with Gasteiger partial charge in [0.1, 0.15) is 0 Å². The molecule has 20 heavy (non-hydrogen) atoms. The zero-order valence-corrected chi connectivity index (χ0v) is 10.8. The maximum atomic E-state index is 11.9. The number of pyridine rings is 1. The quantitative estimate of drug-likeness (QED) is 0.638. The molecule has 2 rings (SSSR count). The zero-order chi connectivity index (χ0) is 14.8. The lowest BCUT2D eigenvalue weighted by Gasteiger charge is -2.23. The SMILES string of the molecule is O=C(NCC1(C(=O)O)CCCC1)c1cc(O)[nH]c(=O)c1. The highest BCUT2D eigenvalue weighted by molar-refractivity contribution is 5.94. The largest absolute Gasteiger partial charge is 0.494 e. The van der Waals surface area contributed by atoms with Crippen LogP contribution in [0.1, 0.15) is 36.0 Å². The Kier molecular flexibility index (Phi) is 3.78. The molecule has 0 saturated heterocycles. The van der Waals surface area contributed by atoms with Crippen LogP contribution in [0.2, 0.25) is 0 Å². The van der Waals surface area contributed by atoms with E-state index in [1.807, 2.05) is 0 Å². The molecule has 1 heterocycles. The summed E-state index contributed by atoms with van der Waals surface area (Å²) in [6.45, 7) is 0.0225.